The predicted molar refractivity (Wildman–Crippen MR) is 71.1 cm³/mol. The van der Waals surface area contributed by atoms with Crippen molar-refractivity contribution < 1.29 is 27.8 Å². The van der Waals surface area contributed by atoms with Gasteiger partial charge in [0, 0.05) is 0 Å². The zero-order chi connectivity index (χ0) is 15.0. The van der Waals surface area contributed by atoms with Crippen molar-refractivity contribution in [1.82, 2.24) is 0 Å². The molecule has 1 aliphatic carbocycles. The Morgan fingerprint density at radius 3 is 2.38 bits per heavy atom. The second-order valence-corrected chi connectivity index (χ2v) is 4.82. The molecule has 0 bridgehead atoms. The number of aliphatic hydroxyl groups excluding tert-OH is 1. The summed E-state index contributed by atoms with van der Waals surface area (Å²) in [6.45, 7) is 0. The Hall–Kier alpha value is -1.31. The normalized spacial score (nSPS) is 26.1. The first-order valence-corrected chi connectivity index (χ1v) is 6.10. The minimum absolute atomic E-state index is 0. The zero-order valence-electron chi connectivity index (χ0n) is 10.9. The quantitative estimate of drug-likeness (QED) is 0.875. The first kappa shape index (κ1) is 17.7. The van der Waals surface area contributed by atoms with Crippen LogP contribution in [0.5, 0.6) is 5.75 Å². The van der Waals surface area contributed by atoms with Crippen LogP contribution in [0.1, 0.15) is 24.8 Å². The van der Waals surface area contributed by atoms with Crippen LogP contribution in [-0.4, -0.2) is 23.4 Å². The van der Waals surface area contributed by atoms with Crippen molar-refractivity contribution in [3.05, 3.63) is 29.8 Å². The molecule has 1 saturated carbocycles. The highest BCUT2D eigenvalue weighted by Gasteiger charge is 2.42. The van der Waals surface area contributed by atoms with E-state index in [4.69, 9.17) is 5.73 Å². The van der Waals surface area contributed by atoms with Gasteiger partial charge >= 0.3 is 6.36 Å². The average Bonchev–Trinajstić information content (AvgIpc) is 2.35. The lowest BCUT2D eigenvalue weighted by atomic mass is 9.75. The molecule has 0 amide bonds. The first-order chi connectivity index (χ1) is 9.22. The Balaban J connectivity index is 0.00000220. The Bertz CT molecular complexity index is 506. The van der Waals surface area contributed by atoms with Crippen molar-refractivity contribution in [2.45, 2.75) is 37.3 Å². The van der Waals surface area contributed by atoms with Gasteiger partial charge in [-0.15, -0.1) is 25.6 Å². The molecule has 8 heteroatoms. The highest BCUT2D eigenvalue weighted by atomic mass is 35.5. The third-order valence-electron chi connectivity index (χ3n) is 3.39. The minimum Gasteiger partial charge on any atom is -0.406 e. The van der Waals surface area contributed by atoms with Gasteiger partial charge in [-0.1, -0.05) is 12.1 Å². The fraction of sp³-hybridized carbons (Fsp3) is 0.462. The average molecular weight is 326 g/mol. The molecule has 0 aliphatic heterocycles. The van der Waals surface area contributed by atoms with Crippen LogP contribution in [0.3, 0.4) is 0 Å². The molecule has 0 aromatic heterocycles. The number of Topliss-reactive ketones (excluding diaryl/α,β-unsaturated/α-hetero) is 1. The summed E-state index contributed by atoms with van der Waals surface area (Å²) in [5.74, 6) is -0.887. The fourth-order valence-corrected chi connectivity index (χ4v) is 2.37. The summed E-state index contributed by atoms with van der Waals surface area (Å²) in [6, 6.07) is 4.84. The number of aliphatic hydroxyl groups is 1. The second kappa shape index (κ2) is 6.21. The van der Waals surface area contributed by atoms with Gasteiger partial charge in [0.25, 0.3) is 0 Å². The molecule has 3 N–H and O–H groups in total. The molecule has 4 nitrogen and oxygen atoms in total. The molecule has 1 aromatic rings. The number of rotatable bonds is 2. The van der Waals surface area contributed by atoms with Crippen molar-refractivity contribution >= 4 is 18.2 Å². The van der Waals surface area contributed by atoms with Gasteiger partial charge in [-0.3, -0.25) is 4.79 Å². The van der Waals surface area contributed by atoms with Crippen LogP contribution < -0.4 is 10.5 Å². The maximum atomic E-state index is 12.1. The molecular formula is C13H15ClF3NO3. The van der Waals surface area contributed by atoms with Crippen molar-refractivity contribution in [2.24, 2.45) is 5.73 Å². The fourth-order valence-electron chi connectivity index (χ4n) is 2.37. The van der Waals surface area contributed by atoms with Crippen LogP contribution in [0.4, 0.5) is 13.2 Å². The first-order valence-electron chi connectivity index (χ1n) is 6.10. The summed E-state index contributed by atoms with van der Waals surface area (Å²) in [5, 5.41) is 9.58. The smallest absolute Gasteiger partial charge is 0.406 e. The van der Waals surface area contributed by atoms with E-state index in [-0.39, 0.29) is 18.2 Å². The Labute approximate surface area is 125 Å². The summed E-state index contributed by atoms with van der Waals surface area (Å²) in [5.41, 5.74) is 5.04. The minimum atomic E-state index is -4.77. The van der Waals surface area contributed by atoms with Crippen molar-refractivity contribution in [2.75, 3.05) is 0 Å². The number of halogens is 4. The number of alkyl halides is 3. The summed E-state index contributed by atoms with van der Waals surface area (Å²) in [7, 11) is 0. The van der Waals surface area contributed by atoms with Crippen LogP contribution in [0, 0.1) is 0 Å². The number of nitrogens with two attached hydrogens (primary N) is 1. The third-order valence-corrected chi connectivity index (χ3v) is 3.39. The lowest BCUT2D eigenvalue weighted by Gasteiger charge is -2.34. The van der Waals surface area contributed by atoms with E-state index in [1.807, 2.05) is 0 Å². The lowest BCUT2D eigenvalue weighted by Crippen LogP contribution is -2.52. The van der Waals surface area contributed by atoms with Gasteiger partial charge in [-0.05, 0) is 37.0 Å². The highest BCUT2D eigenvalue weighted by molar-refractivity contribution is 5.93. The number of hydrogen-bond donors (Lipinski definition) is 2. The van der Waals surface area contributed by atoms with Crippen molar-refractivity contribution in [3.8, 4) is 5.75 Å². The molecule has 0 spiro atoms. The van der Waals surface area contributed by atoms with E-state index in [1.54, 1.807) is 0 Å². The number of hydrogen-bond acceptors (Lipinski definition) is 4. The predicted octanol–water partition coefficient (Wildman–Crippen LogP) is 2.27. The number of carbonyl (C=O) groups is 1. The van der Waals surface area contributed by atoms with E-state index >= 15 is 0 Å². The zero-order valence-corrected chi connectivity index (χ0v) is 11.7. The standard InChI is InChI=1S/C13H14F3NO3.ClH/c14-13(15,16)20-9-5-3-8(4-6-9)12(17)7-1-2-10(18)11(12)19;/h3-6,10,18H,1-2,7,17H2;1H. The number of ether oxygens (including phenoxy) is 1. The van der Waals surface area contributed by atoms with Crippen LogP contribution in [0.25, 0.3) is 0 Å². The summed E-state index contributed by atoms with van der Waals surface area (Å²) in [6.07, 6.45) is -4.61. The highest BCUT2D eigenvalue weighted by Crippen LogP contribution is 2.33. The maximum Gasteiger partial charge on any atom is 0.573 e. The van der Waals surface area contributed by atoms with Crippen LogP contribution in [-0.2, 0) is 10.3 Å². The van der Waals surface area contributed by atoms with Gasteiger partial charge in [0.15, 0.2) is 5.78 Å². The molecule has 1 fully saturated rings. The second-order valence-electron chi connectivity index (χ2n) is 4.82. The molecule has 1 aromatic carbocycles. The lowest BCUT2D eigenvalue weighted by molar-refractivity contribution is -0.274. The molecule has 2 atom stereocenters. The van der Waals surface area contributed by atoms with Crippen molar-refractivity contribution in [1.29, 1.82) is 0 Å². The van der Waals surface area contributed by atoms with E-state index < -0.39 is 23.8 Å². The Kier molecular flexibility index (Phi) is 5.25. The van der Waals surface area contributed by atoms with Crippen LogP contribution >= 0.6 is 12.4 Å². The monoisotopic (exact) mass is 325 g/mol. The van der Waals surface area contributed by atoms with Gasteiger partial charge in [0.05, 0.1) is 0 Å². The van der Waals surface area contributed by atoms with E-state index in [9.17, 15) is 23.1 Å². The molecule has 2 rings (SSSR count). The number of carbonyl (C=O) groups excluding carboxylic acids is 1. The molecule has 0 saturated heterocycles. The summed E-state index contributed by atoms with van der Waals surface area (Å²) >= 11 is 0. The molecule has 0 heterocycles. The number of benzene rings is 1. The molecule has 21 heavy (non-hydrogen) atoms. The maximum absolute atomic E-state index is 12.1. The van der Waals surface area contributed by atoms with E-state index in [0.29, 0.717) is 24.8 Å². The Morgan fingerprint density at radius 1 is 1.29 bits per heavy atom. The van der Waals surface area contributed by atoms with Gasteiger partial charge in [-0.2, -0.15) is 0 Å². The van der Waals surface area contributed by atoms with E-state index in [0.717, 1.165) is 12.1 Å². The van der Waals surface area contributed by atoms with Crippen LogP contribution in [0.2, 0.25) is 0 Å². The number of ketones is 1. The van der Waals surface area contributed by atoms with Crippen LogP contribution in [0.15, 0.2) is 24.3 Å². The topological polar surface area (TPSA) is 72.6 Å². The van der Waals surface area contributed by atoms with Gasteiger partial charge < -0.3 is 15.6 Å². The molecule has 0 radical (unpaired) electrons. The third kappa shape index (κ3) is 3.87. The van der Waals surface area contributed by atoms with Gasteiger partial charge in [-0.25, -0.2) is 0 Å². The SMILES string of the molecule is Cl.NC1(c2ccc(OC(F)(F)F)cc2)CCCC(O)C1=O. The molecule has 118 valence electrons. The summed E-state index contributed by atoms with van der Waals surface area (Å²) in [4.78, 5) is 12.0. The molecular weight excluding hydrogens is 311 g/mol. The van der Waals surface area contributed by atoms with Gasteiger partial charge in [0.2, 0.25) is 0 Å². The largest absolute Gasteiger partial charge is 0.573 e. The Morgan fingerprint density at radius 2 is 1.86 bits per heavy atom. The van der Waals surface area contributed by atoms with Crippen molar-refractivity contribution in [3.63, 3.8) is 0 Å². The molecule has 1 aliphatic rings. The van der Waals surface area contributed by atoms with E-state index in [1.165, 1.54) is 12.1 Å². The van der Waals surface area contributed by atoms with Gasteiger partial charge in [0.1, 0.15) is 17.4 Å². The summed E-state index contributed by atoms with van der Waals surface area (Å²) < 4.78 is 39.9. The molecule has 2 unspecified atom stereocenters. The van der Waals surface area contributed by atoms with E-state index in [2.05, 4.69) is 4.74 Å².